The van der Waals surface area contributed by atoms with Crippen molar-refractivity contribution >= 4 is 0 Å². The number of rotatable bonds is 0. The summed E-state index contributed by atoms with van der Waals surface area (Å²) in [5, 5.41) is 26.4. The second-order valence-corrected chi connectivity index (χ2v) is 2.21. The fourth-order valence-corrected chi connectivity index (χ4v) is 0.827. The molecule has 4 atom stereocenters. The van der Waals surface area contributed by atoms with Gasteiger partial charge in [0.1, 0.15) is 12.2 Å². The molecule has 54 valence electrons. The van der Waals surface area contributed by atoms with E-state index in [2.05, 4.69) is 4.74 Å². The standard InChI is InChI=1S/C5H10O4/c1-2-3(6)4(7)5(8)9-2/h2-8H,1H3/t2-,3?,4?,5-/m1/s1. The lowest BCUT2D eigenvalue weighted by Gasteiger charge is -2.07. The van der Waals surface area contributed by atoms with Crippen LogP contribution < -0.4 is 0 Å². The maximum atomic E-state index is 8.90. The number of ether oxygens (including phenoxy) is 1. The summed E-state index contributed by atoms with van der Waals surface area (Å²) in [6, 6.07) is 0. The predicted octanol–water partition coefficient (Wildman–Crippen LogP) is -1.55. The molecule has 1 heterocycles. The molecule has 4 heteroatoms. The van der Waals surface area contributed by atoms with Crippen LogP contribution in [0.25, 0.3) is 0 Å². The zero-order chi connectivity index (χ0) is 7.02. The van der Waals surface area contributed by atoms with E-state index in [-0.39, 0.29) is 0 Å². The monoisotopic (exact) mass is 134 g/mol. The minimum atomic E-state index is -1.23. The van der Waals surface area contributed by atoms with Gasteiger partial charge < -0.3 is 20.1 Å². The Morgan fingerprint density at radius 2 is 1.67 bits per heavy atom. The first-order chi connectivity index (χ1) is 4.13. The molecule has 0 aromatic heterocycles. The van der Waals surface area contributed by atoms with Crippen molar-refractivity contribution in [3.63, 3.8) is 0 Å². The fraction of sp³-hybridized carbons (Fsp3) is 1.00. The van der Waals surface area contributed by atoms with Crippen molar-refractivity contribution in [3.8, 4) is 0 Å². The molecule has 0 amide bonds. The van der Waals surface area contributed by atoms with E-state index < -0.39 is 24.6 Å². The Hall–Kier alpha value is -0.160. The van der Waals surface area contributed by atoms with Crippen LogP contribution in [0.3, 0.4) is 0 Å². The van der Waals surface area contributed by atoms with E-state index in [9.17, 15) is 0 Å². The maximum absolute atomic E-state index is 8.90. The van der Waals surface area contributed by atoms with Crippen molar-refractivity contribution in [1.82, 2.24) is 0 Å². The summed E-state index contributed by atoms with van der Waals surface area (Å²) in [7, 11) is 0. The molecule has 9 heavy (non-hydrogen) atoms. The third-order valence-electron chi connectivity index (χ3n) is 1.48. The van der Waals surface area contributed by atoms with Gasteiger partial charge in [-0.05, 0) is 6.92 Å². The van der Waals surface area contributed by atoms with Crippen LogP contribution >= 0.6 is 0 Å². The van der Waals surface area contributed by atoms with Crippen LogP contribution in [0.4, 0.5) is 0 Å². The van der Waals surface area contributed by atoms with E-state index >= 15 is 0 Å². The largest absolute Gasteiger partial charge is 0.388 e. The molecule has 1 rings (SSSR count). The third kappa shape index (κ3) is 1.07. The number of hydrogen-bond donors (Lipinski definition) is 3. The lowest BCUT2D eigenvalue weighted by molar-refractivity contribution is -0.124. The summed E-state index contributed by atoms with van der Waals surface area (Å²) < 4.78 is 4.64. The SMILES string of the molecule is C[C@H]1O[C@@H](O)C(O)C1O. The predicted molar refractivity (Wildman–Crippen MR) is 28.6 cm³/mol. The van der Waals surface area contributed by atoms with Crippen LogP contribution in [-0.4, -0.2) is 39.9 Å². The van der Waals surface area contributed by atoms with Crippen molar-refractivity contribution in [2.45, 2.75) is 31.5 Å². The Morgan fingerprint density at radius 1 is 1.11 bits per heavy atom. The number of hydrogen-bond acceptors (Lipinski definition) is 4. The molecule has 0 bridgehead atoms. The van der Waals surface area contributed by atoms with Gasteiger partial charge in [0.2, 0.25) is 0 Å². The van der Waals surface area contributed by atoms with Crippen LogP contribution in [0.15, 0.2) is 0 Å². The summed E-state index contributed by atoms with van der Waals surface area (Å²) in [5.41, 5.74) is 0. The smallest absolute Gasteiger partial charge is 0.183 e. The minimum Gasteiger partial charge on any atom is -0.388 e. The van der Waals surface area contributed by atoms with E-state index in [1.165, 1.54) is 0 Å². The van der Waals surface area contributed by atoms with Crippen molar-refractivity contribution < 1.29 is 20.1 Å². The Kier molecular flexibility index (Phi) is 1.72. The maximum Gasteiger partial charge on any atom is 0.183 e. The number of aliphatic hydroxyl groups is 3. The molecule has 4 nitrogen and oxygen atoms in total. The zero-order valence-electron chi connectivity index (χ0n) is 5.06. The lowest BCUT2D eigenvalue weighted by Crippen LogP contribution is -2.31. The van der Waals surface area contributed by atoms with Gasteiger partial charge >= 0.3 is 0 Å². The molecular formula is C5H10O4. The molecule has 2 unspecified atom stereocenters. The highest BCUT2D eigenvalue weighted by Crippen LogP contribution is 2.18. The Morgan fingerprint density at radius 3 is 1.78 bits per heavy atom. The summed E-state index contributed by atoms with van der Waals surface area (Å²) in [6.07, 6.45) is -3.81. The lowest BCUT2D eigenvalue weighted by atomic mass is 10.2. The molecule has 1 aliphatic rings. The van der Waals surface area contributed by atoms with Crippen LogP contribution in [0.1, 0.15) is 6.92 Å². The Balaban J connectivity index is 2.54. The van der Waals surface area contributed by atoms with Gasteiger partial charge in [-0.3, -0.25) is 0 Å². The van der Waals surface area contributed by atoms with Crippen LogP contribution in [0, 0.1) is 0 Å². The topological polar surface area (TPSA) is 69.9 Å². The molecule has 0 aromatic rings. The van der Waals surface area contributed by atoms with Gasteiger partial charge in [-0.1, -0.05) is 0 Å². The van der Waals surface area contributed by atoms with Crippen LogP contribution in [0.5, 0.6) is 0 Å². The van der Waals surface area contributed by atoms with Gasteiger partial charge in [-0.15, -0.1) is 0 Å². The van der Waals surface area contributed by atoms with Crippen LogP contribution in [-0.2, 0) is 4.74 Å². The normalized spacial score (nSPS) is 52.0. The molecule has 0 aliphatic carbocycles. The Labute approximate surface area is 52.7 Å². The van der Waals surface area contributed by atoms with Gasteiger partial charge in [0.15, 0.2) is 6.29 Å². The summed E-state index contributed by atoms with van der Waals surface area (Å²) in [4.78, 5) is 0. The van der Waals surface area contributed by atoms with Crippen molar-refractivity contribution in [3.05, 3.63) is 0 Å². The first-order valence-electron chi connectivity index (χ1n) is 2.82. The highest BCUT2D eigenvalue weighted by molar-refractivity contribution is 4.82. The molecular weight excluding hydrogens is 124 g/mol. The Bertz CT molecular complexity index is 93.1. The van der Waals surface area contributed by atoms with Gasteiger partial charge in [0.25, 0.3) is 0 Å². The molecule has 1 saturated heterocycles. The first-order valence-corrected chi connectivity index (χ1v) is 2.82. The fourth-order valence-electron chi connectivity index (χ4n) is 0.827. The van der Waals surface area contributed by atoms with Gasteiger partial charge in [0.05, 0.1) is 6.10 Å². The minimum absolute atomic E-state index is 0.477. The quantitative estimate of drug-likeness (QED) is 0.375. The first kappa shape index (κ1) is 6.95. The molecule has 1 aliphatic heterocycles. The van der Waals surface area contributed by atoms with E-state index in [0.717, 1.165) is 0 Å². The second kappa shape index (κ2) is 2.22. The summed E-state index contributed by atoms with van der Waals surface area (Å²) >= 11 is 0. The highest BCUT2D eigenvalue weighted by Gasteiger charge is 2.38. The summed E-state index contributed by atoms with van der Waals surface area (Å²) in [5.74, 6) is 0. The van der Waals surface area contributed by atoms with E-state index in [1.54, 1.807) is 6.92 Å². The average molecular weight is 134 g/mol. The molecule has 1 fully saturated rings. The van der Waals surface area contributed by atoms with Crippen molar-refractivity contribution in [2.24, 2.45) is 0 Å². The average Bonchev–Trinajstić information content (AvgIpc) is 1.98. The summed E-state index contributed by atoms with van der Waals surface area (Å²) in [6.45, 7) is 1.59. The molecule has 0 saturated carbocycles. The van der Waals surface area contributed by atoms with E-state index in [4.69, 9.17) is 15.3 Å². The molecule has 0 radical (unpaired) electrons. The molecule has 0 spiro atoms. The molecule has 3 N–H and O–H groups in total. The van der Waals surface area contributed by atoms with Gasteiger partial charge in [-0.25, -0.2) is 0 Å². The van der Waals surface area contributed by atoms with Gasteiger partial charge in [0, 0.05) is 0 Å². The van der Waals surface area contributed by atoms with Crippen molar-refractivity contribution in [1.29, 1.82) is 0 Å². The highest BCUT2D eigenvalue weighted by atomic mass is 16.6. The van der Waals surface area contributed by atoms with E-state index in [0.29, 0.717) is 0 Å². The van der Waals surface area contributed by atoms with Crippen LogP contribution in [0.2, 0.25) is 0 Å². The van der Waals surface area contributed by atoms with Gasteiger partial charge in [-0.2, -0.15) is 0 Å². The second-order valence-electron chi connectivity index (χ2n) is 2.21. The van der Waals surface area contributed by atoms with Crippen molar-refractivity contribution in [2.75, 3.05) is 0 Å². The number of aliphatic hydroxyl groups excluding tert-OH is 3. The molecule has 0 aromatic carbocycles. The van der Waals surface area contributed by atoms with E-state index in [1.807, 2.05) is 0 Å². The third-order valence-corrected chi connectivity index (χ3v) is 1.48. The zero-order valence-corrected chi connectivity index (χ0v) is 5.06.